The zero-order chi connectivity index (χ0) is 21.6. The van der Waals surface area contributed by atoms with Gasteiger partial charge in [-0.3, -0.25) is 4.79 Å². The van der Waals surface area contributed by atoms with Crippen LogP contribution in [0.25, 0.3) is 5.95 Å². The molecular formula is C19H16ClF3N6O. The topological polar surface area (TPSA) is 76.8 Å². The maximum absolute atomic E-state index is 13.2. The summed E-state index contributed by atoms with van der Waals surface area (Å²) in [5, 5.41) is 7.69. The van der Waals surface area contributed by atoms with Gasteiger partial charge in [0.15, 0.2) is 0 Å². The van der Waals surface area contributed by atoms with E-state index in [-0.39, 0.29) is 12.1 Å². The van der Waals surface area contributed by atoms with Crippen LogP contribution in [0.2, 0.25) is 5.02 Å². The molecule has 7 nitrogen and oxygen atoms in total. The molecular weight excluding hydrogens is 421 g/mol. The van der Waals surface area contributed by atoms with Crippen LogP contribution in [0.1, 0.15) is 46.0 Å². The van der Waals surface area contributed by atoms with Crippen LogP contribution in [0.5, 0.6) is 0 Å². The number of hydrogen-bond acceptors (Lipinski definition) is 5. The van der Waals surface area contributed by atoms with E-state index in [0.29, 0.717) is 18.1 Å². The molecule has 0 bridgehead atoms. The number of nitrogens with zero attached hydrogens (tertiary/aromatic N) is 6. The van der Waals surface area contributed by atoms with Crippen molar-refractivity contribution in [2.24, 2.45) is 0 Å². The molecule has 2 aromatic heterocycles. The normalized spacial score (nSPS) is 16.5. The molecule has 0 saturated heterocycles. The minimum absolute atomic E-state index is 0.198. The summed E-state index contributed by atoms with van der Waals surface area (Å²) < 4.78 is 41.0. The van der Waals surface area contributed by atoms with Crippen LogP contribution in [-0.2, 0) is 12.6 Å². The van der Waals surface area contributed by atoms with E-state index < -0.39 is 28.7 Å². The van der Waals surface area contributed by atoms with Crippen molar-refractivity contribution in [3.05, 3.63) is 63.7 Å². The summed E-state index contributed by atoms with van der Waals surface area (Å²) >= 11 is 5.94. The van der Waals surface area contributed by atoms with Crippen molar-refractivity contribution in [3.8, 4) is 5.95 Å². The first-order chi connectivity index (χ1) is 14.2. The van der Waals surface area contributed by atoms with Crippen LogP contribution in [0, 0.1) is 6.92 Å². The number of benzene rings is 1. The molecule has 1 aliphatic heterocycles. The summed E-state index contributed by atoms with van der Waals surface area (Å²) in [5.74, 6) is -0.220. The molecule has 0 spiro atoms. The fourth-order valence-corrected chi connectivity index (χ4v) is 3.80. The number of aromatic nitrogens is 5. The highest BCUT2D eigenvalue weighted by Crippen LogP contribution is 2.38. The van der Waals surface area contributed by atoms with E-state index in [0.717, 1.165) is 17.5 Å². The molecule has 0 aliphatic carbocycles. The predicted octanol–water partition coefficient (Wildman–Crippen LogP) is 3.80. The van der Waals surface area contributed by atoms with Crippen LogP contribution in [-0.4, -0.2) is 42.3 Å². The minimum Gasteiger partial charge on any atom is -0.330 e. The Morgan fingerprint density at radius 2 is 2.03 bits per heavy atom. The van der Waals surface area contributed by atoms with Crippen LogP contribution < -0.4 is 0 Å². The molecule has 1 aliphatic rings. The fourth-order valence-electron chi connectivity index (χ4n) is 3.49. The van der Waals surface area contributed by atoms with Crippen molar-refractivity contribution in [3.63, 3.8) is 0 Å². The number of carbonyl (C=O) groups is 1. The number of halogens is 4. The number of hydrogen-bond donors (Lipinski definition) is 0. The molecule has 0 fully saturated rings. The standard InChI is InChI=1S/C19H16ClF3N6O/c1-10-6-8-24-18(25-10)29-14-7-9-28(11(2)16(14)26-27-29)17(30)12-4-3-5-13(15(12)20)19(21,22)23/h3-6,8,11H,7,9H2,1-2H3/t11-/m0/s1. The van der Waals surface area contributed by atoms with Gasteiger partial charge in [0, 0.05) is 24.9 Å². The predicted molar refractivity (Wildman–Crippen MR) is 101 cm³/mol. The third kappa shape index (κ3) is 3.41. The van der Waals surface area contributed by atoms with Crippen LogP contribution in [0.15, 0.2) is 30.5 Å². The molecule has 1 aromatic carbocycles. The van der Waals surface area contributed by atoms with Gasteiger partial charge in [-0.15, -0.1) is 5.10 Å². The van der Waals surface area contributed by atoms with Gasteiger partial charge in [0.2, 0.25) is 0 Å². The molecule has 0 N–H and O–H groups in total. The quantitative estimate of drug-likeness (QED) is 0.610. The SMILES string of the molecule is Cc1ccnc(-n2nnc3c2CCN(C(=O)c2cccc(C(F)(F)F)c2Cl)[C@H]3C)n1. The average Bonchev–Trinajstić information content (AvgIpc) is 3.12. The van der Waals surface area contributed by atoms with Crippen LogP contribution in [0.4, 0.5) is 13.2 Å². The molecule has 3 heterocycles. The van der Waals surface area contributed by atoms with E-state index in [4.69, 9.17) is 11.6 Å². The minimum atomic E-state index is -4.65. The Labute approximate surface area is 174 Å². The van der Waals surface area contributed by atoms with E-state index in [1.165, 1.54) is 21.7 Å². The second kappa shape index (κ2) is 7.35. The molecule has 1 atom stereocenters. The van der Waals surface area contributed by atoms with Gasteiger partial charge in [0.25, 0.3) is 11.9 Å². The first kappa shape index (κ1) is 20.3. The van der Waals surface area contributed by atoms with E-state index in [9.17, 15) is 18.0 Å². The maximum atomic E-state index is 13.2. The van der Waals surface area contributed by atoms with Gasteiger partial charge in [0.05, 0.1) is 27.9 Å². The molecule has 11 heteroatoms. The highest BCUT2D eigenvalue weighted by Gasteiger charge is 2.37. The van der Waals surface area contributed by atoms with Gasteiger partial charge in [0.1, 0.15) is 5.69 Å². The van der Waals surface area contributed by atoms with E-state index in [2.05, 4.69) is 20.3 Å². The lowest BCUT2D eigenvalue weighted by Gasteiger charge is -2.33. The van der Waals surface area contributed by atoms with E-state index in [1.54, 1.807) is 19.2 Å². The van der Waals surface area contributed by atoms with Gasteiger partial charge in [-0.1, -0.05) is 22.9 Å². The van der Waals surface area contributed by atoms with Crippen molar-refractivity contribution in [1.82, 2.24) is 29.9 Å². The Hall–Kier alpha value is -3.01. The summed E-state index contributed by atoms with van der Waals surface area (Å²) in [6.07, 6.45) is -2.64. The monoisotopic (exact) mass is 436 g/mol. The number of carbonyl (C=O) groups excluding carboxylic acids is 1. The van der Waals surface area contributed by atoms with Crippen molar-refractivity contribution in [1.29, 1.82) is 0 Å². The number of aryl methyl sites for hydroxylation is 1. The molecule has 0 radical (unpaired) electrons. The zero-order valence-electron chi connectivity index (χ0n) is 16.0. The first-order valence-corrected chi connectivity index (χ1v) is 9.47. The van der Waals surface area contributed by atoms with Crippen LogP contribution >= 0.6 is 11.6 Å². The van der Waals surface area contributed by atoms with E-state index >= 15 is 0 Å². The fraction of sp³-hybridized carbons (Fsp3) is 0.316. The molecule has 0 saturated carbocycles. The second-order valence-corrected chi connectivity index (χ2v) is 7.30. The third-order valence-electron chi connectivity index (χ3n) is 5.01. The third-order valence-corrected chi connectivity index (χ3v) is 5.42. The Morgan fingerprint density at radius 1 is 1.27 bits per heavy atom. The van der Waals surface area contributed by atoms with Crippen LogP contribution in [0.3, 0.4) is 0 Å². The summed E-state index contributed by atoms with van der Waals surface area (Å²) in [5.41, 5.74) is 0.832. The molecule has 156 valence electrons. The number of alkyl halides is 3. The summed E-state index contributed by atoms with van der Waals surface area (Å²) in [6, 6.07) is 4.57. The largest absolute Gasteiger partial charge is 0.417 e. The van der Waals surface area contributed by atoms with Crippen molar-refractivity contribution < 1.29 is 18.0 Å². The summed E-state index contributed by atoms with van der Waals surface area (Å²) in [4.78, 5) is 23.0. The average molecular weight is 437 g/mol. The lowest BCUT2D eigenvalue weighted by molar-refractivity contribution is -0.137. The molecule has 0 unspecified atom stereocenters. The Kier molecular flexibility index (Phi) is 4.97. The molecule has 1 amide bonds. The van der Waals surface area contributed by atoms with Gasteiger partial charge in [-0.2, -0.15) is 17.9 Å². The summed E-state index contributed by atoms with van der Waals surface area (Å²) in [6.45, 7) is 3.84. The van der Waals surface area contributed by atoms with Crippen molar-refractivity contribution in [2.75, 3.05) is 6.54 Å². The smallest absolute Gasteiger partial charge is 0.330 e. The highest BCUT2D eigenvalue weighted by molar-refractivity contribution is 6.34. The number of amides is 1. The van der Waals surface area contributed by atoms with E-state index in [1.807, 2.05) is 6.92 Å². The molecule has 4 rings (SSSR count). The number of fused-ring (bicyclic) bond motifs is 1. The lowest BCUT2D eigenvalue weighted by Crippen LogP contribution is -2.39. The Bertz CT molecular complexity index is 1130. The van der Waals surface area contributed by atoms with Gasteiger partial charge in [-0.05, 0) is 32.0 Å². The first-order valence-electron chi connectivity index (χ1n) is 9.09. The molecule has 30 heavy (non-hydrogen) atoms. The Morgan fingerprint density at radius 3 is 2.73 bits per heavy atom. The highest BCUT2D eigenvalue weighted by atomic mass is 35.5. The van der Waals surface area contributed by atoms with Gasteiger partial charge in [-0.25, -0.2) is 9.97 Å². The lowest BCUT2D eigenvalue weighted by atomic mass is 10.0. The van der Waals surface area contributed by atoms with Crippen molar-refractivity contribution >= 4 is 17.5 Å². The molecule has 3 aromatic rings. The zero-order valence-corrected chi connectivity index (χ0v) is 16.7. The van der Waals surface area contributed by atoms with Gasteiger partial charge >= 0.3 is 6.18 Å². The van der Waals surface area contributed by atoms with Crippen molar-refractivity contribution in [2.45, 2.75) is 32.5 Å². The Balaban J connectivity index is 1.67. The van der Waals surface area contributed by atoms with Gasteiger partial charge < -0.3 is 4.90 Å². The second-order valence-electron chi connectivity index (χ2n) is 6.92. The summed E-state index contributed by atoms with van der Waals surface area (Å²) in [7, 11) is 0. The maximum Gasteiger partial charge on any atom is 0.417 e. The number of rotatable bonds is 2.